The van der Waals surface area contributed by atoms with Gasteiger partial charge >= 0.3 is 6.18 Å². The summed E-state index contributed by atoms with van der Waals surface area (Å²) in [7, 11) is 0. The number of amides is 1. The maximum Gasteiger partial charge on any atom is 0.441 e. The number of ether oxygens (including phenoxy) is 2. The molecule has 0 atom stereocenters. The summed E-state index contributed by atoms with van der Waals surface area (Å²) < 4.78 is 50.1. The third kappa shape index (κ3) is 5.14. The Balaban J connectivity index is 1.37. The van der Waals surface area contributed by atoms with E-state index >= 15 is 0 Å². The van der Waals surface area contributed by atoms with Gasteiger partial charge < -0.3 is 9.47 Å². The molecule has 0 fully saturated rings. The average Bonchev–Trinajstić information content (AvgIpc) is 3.22. The van der Waals surface area contributed by atoms with Crippen molar-refractivity contribution in [1.82, 2.24) is 5.01 Å². The van der Waals surface area contributed by atoms with Gasteiger partial charge in [0.2, 0.25) is 10.2 Å². The molecule has 0 unspecified atom stereocenters. The molecule has 0 aliphatic carbocycles. The van der Waals surface area contributed by atoms with Crippen molar-refractivity contribution in [3.8, 4) is 11.5 Å². The number of thioether (sulfide) groups is 1. The maximum absolute atomic E-state index is 12.9. The number of fused-ring (bicyclic) bond motifs is 1. The van der Waals surface area contributed by atoms with Gasteiger partial charge in [-0.1, -0.05) is 18.2 Å². The van der Waals surface area contributed by atoms with E-state index in [-0.39, 0.29) is 22.5 Å². The second kappa shape index (κ2) is 9.34. The van der Waals surface area contributed by atoms with E-state index in [9.17, 15) is 18.0 Å². The van der Waals surface area contributed by atoms with Gasteiger partial charge in [0.25, 0.3) is 5.91 Å². The summed E-state index contributed by atoms with van der Waals surface area (Å²) in [5.41, 5.74) is 2.73. The molecule has 2 aromatic rings. The van der Waals surface area contributed by atoms with Gasteiger partial charge in [0.05, 0.1) is 5.57 Å². The summed E-state index contributed by atoms with van der Waals surface area (Å²) in [5, 5.41) is 10.8. The van der Waals surface area contributed by atoms with Gasteiger partial charge in [-0.15, -0.1) is 0 Å². The molecule has 0 radical (unpaired) electrons. The number of alkyl halides is 3. The summed E-state index contributed by atoms with van der Waals surface area (Å²) in [4.78, 5) is 15.9. The molecule has 0 aromatic heterocycles. The molecular formula is C23H19F3N4O3S. The minimum Gasteiger partial charge on any atom is -0.490 e. The second-order valence-electron chi connectivity index (χ2n) is 7.43. The van der Waals surface area contributed by atoms with Crippen LogP contribution in [-0.2, 0) is 4.79 Å². The monoisotopic (exact) mass is 488 g/mol. The van der Waals surface area contributed by atoms with Crippen molar-refractivity contribution in [2.24, 2.45) is 10.1 Å². The predicted molar refractivity (Wildman–Crippen MR) is 124 cm³/mol. The van der Waals surface area contributed by atoms with E-state index in [0.717, 1.165) is 11.3 Å². The summed E-state index contributed by atoms with van der Waals surface area (Å²) in [6.45, 7) is 4.72. The van der Waals surface area contributed by atoms with Crippen molar-refractivity contribution in [1.29, 1.82) is 5.41 Å². The van der Waals surface area contributed by atoms with Crippen molar-refractivity contribution in [2.45, 2.75) is 20.0 Å². The predicted octanol–water partition coefficient (Wildman–Crippen LogP) is 4.94. The van der Waals surface area contributed by atoms with Gasteiger partial charge in [0, 0.05) is 0 Å². The molecule has 2 aliphatic heterocycles. The number of hydrogen-bond donors (Lipinski definition) is 1. The Hall–Kier alpha value is -3.60. The van der Waals surface area contributed by atoms with Crippen molar-refractivity contribution in [3.63, 3.8) is 0 Å². The molecule has 0 saturated carbocycles. The Labute approximate surface area is 197 Å². The summed E-state index contributed by atoms with van der Waals surface area (Å²) in [6.07, 6.45) is -3.30. The molecule has 34 heavy (non-hydrogen) atoms. The number of carbonyl (C=O) groups excluding carboxylic acids is 1. The van der Waals surface area contributed by atoms with Crippen LogP contribution >= 0.6 is 11.8 Å². The zero-order valence-electron chi connectivity index (χ0n) is 18.1. The SMILES string of the molecule is Cc1ccc(OCCOc2ccc(C=C3C(=N)N4N=C(C(F)(F)F)SC4=NC3=O)cc2)cc1C. The minimum atomic E-state index is -4.68. The molecule has 4 rings (SSSR count). The number of benzene rings is 2. The molecular weight excluding hydrogens is 469 g/mol. The number of aryl methyl sites for hydroxylation is 2. The highest BCUT2D eigenvalue weighted by Gasteiger charge is 2.46. The fraction of sp³-hybridized carbons (Fsp3) is 0.217. The van der Waals surface area contributed by atoms with Crippen molar-refractivity contribution >= 4 is 39.8 Å². The Morgan fingerprint density at radius 2 is 1.68 bits per heavy atom. The summed E-state index contributed by atoms with van der Waals surface area (Å²) >= 11 is 0.214. The van der Waals surface area contributed by atoms with Crippen LogP contribution in [-0.4, -0.2) is 46.4 Å². The van der Waals surface area contributed by atoms with Crippen LogP contribution in [0.25, 0.3) is 6.08 Å². The van der Waals surface area contributed by atoms with Crippen molar-refractivity contribution in [3.05, 3.63) is 64.7 Å². The minimum absolute atomic E-state index is 0.160. The zero-order valence-corrected chi connectivity index (χ0v) is 19.0. The fourth-order valence-corrected chi connectivity index (χ4v) is 3.81. The third-order valence-electron chi connectivity index (χ3n) is 4.99. The number of halogens is 3. The first-order chi connectivity index (χ1) is 16.1. The van der Waals surface area contributed by atoms with Gasteiger partial charge in [0.1, 0.15) is 24.7 Å². The van der Waals surface area contributed by atoms with Crippen molar-refractivity contribution in [2.75, 3.05) is 13.2 Å². The second-order valence-corrected chi connectivity index (χ2v) is 8.39. The lowest BCUT2D eigenvalue weighted by molar-refractivity contribution is -0.114. The van der Waals surface area contributed by atoms with E-state index in [1.165, 1.54) is 11.6 Å². The number of carbonyl (C=O) groups is 1. The van der Waals surface area contributed by atoms with Crippen LogP contribution in [0.2, 0.25) is 0 Å². The Bertz CT molecular complexity index is 1240. The first kappa shape index (κ1) is 23.6. The molecule has 7 nitrogen and oxygen atoms in total. The number of hydrogen-bond acceptors (Lipinski definition) is 6. The Morgan fingerprint density at radius 1 is 1.03 bits per heavy atom. The van der Waals surface area contributed by atoms with Crippen LogP contribution < -0.4 is 9.47 Å². The molecule has 2 aromatic carbocycles. The normalized spacial score (nSPS) is 17.0. The quantitative estimate of drug-likeness (QED) is 0.460. The van der Waals surface area contributed by atoms with E-state index in [1.807, 2.05) is 32.0 Å². The number of aliphatic imine (C=N–C) groups is 1. The molecule has 1 N–H and O–H groups in total. The number of rotatable bonds is 6. The Kier molecular flexibility index (Phi) is 6.47. The van der Waals surface area contributed by atoms with E-state index in [1.54, 1.807) is 24.3 Å². The van der Waals surface area contributed by atoms with Crippen LogP contribution in [0.5, 0.6) is 11.5 Å². The van der Waals surface area contributed by atoms with Crippen LogP contribution in [0.15, 0.2) is 58.1 Å². The lowest BCUT2D eigenvalue weighted by atomic mass is 10.1. The number of amidine groups is 2. The van der Waals surface area contributed by atoms with Gasteiger partial charge in [-0.3, -0.25) is 10.2 Å². The van der Waals surface area contributed by atoms with Crippen molar-refractivity contribution < 1.29 is 27.4 Å². The topological polar surface area (TPSA) is 87.3 Å². The summed E-state index contributed by atoms with van der Waals surface area (Å²) in [5.74, 6) is 0.0745. The fourth-order valence-electron chi connectivity index (χ4n) is 3.06. The number of nitrogens with zero attached hydrogens (tertiary/aromatic N) is 3. The van der Waals surface area contributed by atoms with E-state index in [0.29, 0.717) is 29.5 Å². The van der Waals surface area contributed by atoms with E-state index in [4.69, 9.17) is 14.9 Å². The van der Waals surface area contributed by atoms with Gasteiger partial charge in [0.15, 0.2) is 5.84 Å². The lowest BCUT2D eigenvalue weighted by Gasteiger charge is -2.20. The maximum atomic E-state index is 12.9. The standard InChI is InChI=1S/C23H19F3N4O3S/c1-13-3-6-17(11-14(13)2)33-10-9-32-16-7-4-15(5-8-16)12-18-19(27)30-22(28-20(18)31)34-21(29-30)23(24,25)26/h3-8,11-12,27H,9-10H2,1-2H3. The molecule has 1 amide bonds. The van der Waals surface area contributed by atoms with Crippen LogP contribution in [0.4, 0.5) is 13.2 Å². The van der Waals surface area contributed by atoms with Crippen LogP contribution in [0.1, 0.15) is 16.7 Å². The molecule has 176 valence electrons. The molecule has 0 bridgehead atoms. The lowest BCUT2D eigenvalue weighted by Crippen LogP contribution is -2.35. The summed E-state index contributed by atoms with van der Waals surface area (Å²) in [6, 6.07) is 12.5. The first-order valence-corrected chi connectivity index (χ1v) is 10.9. The first-order valence-electron chi connectivity index (χ1n) is 10.1. The number of hydrazone groups is 1. The highest BCUT2D eigenvalue weighted by molar-refractivity contribution is 8.27. The molecule has 2 aliphatic rings. The van der Waals surface area contributed by atoms with Gasteiger partial charge in [-0.05, 0) is 72.6 Å². The zero-order chi connectivity index (χ0) is 24.5. The van der Waals surface area contributed by atoms with Gasteiger partial charge in [-0.25, -0.2) is 0 Å². The largest absolute Gasteiger partial charge is 0.490 e. The van der Waals surface area contributed by atoms with Crippen LogP contribution in [0.3, 0.4) is 0 Å². The highest BCUT2D eigenvalue weighted by Crippen LogP contribution is 2.35. The third-order valence-corrected chi connectivity index (χ3v) is 5.94. The Morgan fingerprint density at radius 3 is 2.32 bits per heavy atom. The van der Waals surface area contributed by atoms with Gasteiger partial charge in [-0.2, -0.15) is 28.3 Å². The average molecular weight is 488 g/mol. The molecule has 2 heterocycles. The van der Waals surface area contributed by atoms with E-state index < -0.39 is 23.0 Å². The molecule has 0 spiro atoms. The smallest absolute Gasteiger partial charge is 0.441 e. The molecule has 0 saturated heterocycles. The highest BCUT2D eigenvalue weighted by atomic mass is 32.2. The van der Waals surface area contributed by atoms with E-state index in [2.05, 4.69) is 10.1 Å². The number of nitrogens with one attached hydrogen (secondary N) is 1. The van der Waals surface area contributed by atoms with Crippen LogP contribution in [0, 0.1) is 19.3 Å². The molecule has 11 heteroatoms.